The van der Waals surface area contributed by atoms with Gasteiger partial charge in [-0.15, -0.1) is 0 Å². The van der Waals surface area contributed by atoms with Gasteiger partial charge in [-0.1, -0.05) is 29.8 Å². The molecule has 0 amide bonds. The number of benzene rings is 1. The molecule has 0 bridgehead atoms. The molecule has 3 heteroatoms. The summed E-state index contributed by atoms with van der Waals surface area (Å²) in [5.41, 5.74) is 1.71. The molecular formula is C13H17BrO2. The van der Waals surface area contributed by atoms with E-state index in [1.807, 2.05) is 39.0 Å². The minimum atomic E-state index is -0.125. The molecule has 0 N–H and O–H groups in total. The largest absolute Gasteiger partial charge is 0.496 e. The van der Waals surface area contributed by atoms with Crippen molar-refractivity contribution in [3.8, 4) is 5.75 Å². The zero-order chi connectivity index (χ0) is 12.3. The fraction of sp³-hybridized carbons (Fsp3) is 0.462. The smallest absolute Gasteiger partial charge is 0.176 e. The van der Waals surface area contributed by atoms with E-state index in [9.17, 15) is 4.79 Å². The van der Waals surface area contributed by atoms with Gasteiger partial charge in [0.15, 0.2) is 5.78 Å². The van der Waals surface area contributed by atoms with E-state index >= 15 is 0 Å². The van der Waals surface area contributed by atoms with Crippen LogP contribution in [0.15, 0.2) is 18.2 Å². The molecule has 88 valence electrons. The molecule has 0 heterocycles. The second kappa shape index (κ2) is 5.48. The van der Waals surface area contributed by atoms with Crippen molar-refractivity contribution in [2.75, 3.05) is 7.11 Å². The van der Waals surface area contributed by atoms with Crippen LogP contribution < -0.4 is 4.74 Å². The molecule has 0 aliphatic rings. The Morgan fingerprint density at radius 2 is 2.00 bits per heavy atom. The van der Waals surface area contributed by atoms with Gasteiger partial charge >= 0.3 is 0 Å². The third kappa shape index (κ3) is 2.85. The van der Waals surface area contributed by atoms with Crippen LogP contribution in [0.5, 0.6) is 5.75 Å². The van der Waals surface area contributed by atoms with Gasteiger partial charge < -0.3 is 4.74 Å². The first-order valence-corrected chi connectivity index (χ1v) is 6.22. The molecule has 0 spiro atoms. The summed E-state index contributed by atoms with van der Waals surface area (Å²) in [6.07, 6.45) is 0. The summed E-state index contributed by atoms with van der Waals surface area (Å²) >= 11 is 3.42. The molecule has 0 radical (unpaired) electrons. The van der Waals surface area contributed by atoms with Gasteiger partial charge in [0.1, 0.15) is 5.75 Å². The number of alkyl halides is 1. The van der Waals surface area contributed by atoms with Crippen LogP contribution in [0, 0.1) is 12.8 Å². The fourth-order valence-electron chi connectivity index (χ4n) is 1.49. The van der Waals surface area contributed by atoms with Crippen LogP contribution in [0.2, 0.25) is 0 Å². The van der Waals surface area contributed by atoms with Crippen LogP contribution in [0.4, 0.5) is 0 Å². The number of aryl methyl sites for hydroxylation is 1. The van der Waals surface area contributed by atoms with E-state index in [4.69, 9.17) is 4.74 Å². The molecule has 0 saturated heterocycles. The normalized spacial score (nSPS) is 12.6. The summed E-state index contributed by atoms with van der Waals surface area (Å²) in [5, 5.41) is 0. The Morgan fingerprint density at radius 3 is 2.44 bits per heavy atom. The Labute approximate surface area is 105 Å². The molecule has 1 rings (SSSR count). The maximum Gasteiger partial charge on any atom is 0.176 e. The Morgan fingerprint density at radius 1 is 1.38 bits per heavy atom. The molecular weight excluding hydrogens is 268 g/mol. The maximum atomic E-state index is 12.1. The van der Waals surface area contributed by atoms with E-state index in [0.29, 0.717) is 0 Å². The third-order valence-corrected chi connectivity index (χ3v) is 3.99. The first-order valence-electron chi connectivity index (χ1n) is 5.30. The van der Waals surface area contributed by atoms with Crippen LogP contribution in [-0.4, -0.2) is 17.7 Å². The van der Waals surface area contributed by atoms with Crippen molar-refractivity contribution in [3.05, 3.63) is 29.3 Å². The quantitative estimate of drug-likeness (QED) is 0.624. The van der Waals surface area contributed by atoms with Gasteiger partial charge in [-0.25, -0.2) is 0 Å². The Kier molecular flexibility index (Phi) is 4.54. The zero-order valence-corrected chi connectivity index (χ0v) is 11.7. The SMILES string of the molecule is COc1ccc(C(=O)C(Br)C(C)C)cc1C. The number of rotatable bonds is 4. The number of hydrogen-bond donors (Lipinski definition) is 0. The average molecular weight is 285 g/mol. The Balaban J connectivity index is 2.97. The Hall–Kier alpha value is -0.830. The maximum absolute atomic E-state index is 12.1. The van der Waals surface area contributed by atoms with E-state index in [1.54, 1.807) is 7.11 Å². The lowest BCUT2D eigenvalue weighted by atomic mass is 9.99. The number of ketones is 1. The van der Waals surface area contributed by atoms with Crippen molar-refractivity contribution in [1.82, 2.24) is 0 Å². The lowest BCUT2D eigenvalue weighted by Crippen LogP contribution is -2.20. The minimum Gasteiger partial charge on any atom is -0.496 e. The van der Waals surface area contributed by atoms with Gasteiger partial charge in [-0.2, -0.15) is 0 Å². The standard InChI is InChI=1S/C13H17BrO2/c1-8(2)12(14)13(15)10-5-6-11(16-4)9(3)7-10/h5-8,12H,1-4H3. The molecule has 0 aliphatic carbocycles. The molecule has 1 atom stereocenters. The van der Waals surface area contributed by atoms with Gasteiger partial charge in [-0.05, 0) is 36.6 Å². The van der Waals surface area contributed by atoms with Crippen LogP contribution in [-0.2, 0) is 0 Å². The number of methoxy groups -OCH3 is 1. The second-order valence-corrected chi connectivity index (χ2v) is 5.18. The average Bonchev–Trinajstić information content (AvgIpc) is 2.26. The molecule has 1 unspecified atom stereocenters. The molecule has 0 saturated carbocycles. The number of carbonyl (C=O) groups excluding carboxylic acids is 1. The lowest BCUT2D eigenvalue weighted by Gasteiger charge is -2.13. The molecule has 1 aromatic carbocycles. The van der Waals surface area contributed by atoms with Crippen LogP contribution in [0.25, 0.3) is 0 Å². The zero-order valence-electron chi connectivity index (χ0n) is 10.1. The van der Waals surface area contributed by atoms with Crippen molar-refractivity contribution in [1.29, 1.82) is 0 Å². The minimum absolute atomic E-state index is 0.125. The molecule has 0 aliphatic heterocycles. The van der Waals surface area contributed by atoms with Crippen LogP contribution >= 0.6 is 15.9 Å². The summed E-state index contributed by atoms with van der Waals surface area (Å²) in [6.45, 7) is 5.98. The summed E-state index contributed by atoms with van der Waals surface area (Å²) < 4.78 is 5.16. The van der Waals surface area contributed by atoms with Crippen molar-refractivity contribution < 1.29 is 9.53 Å². The summed E-state index contributed by atoms with van der Waals surface area (Å²) in [7, 11) is 1.63. The fourth-order valence-corrected chi connectivity index (χ4v) is 1.76. The number of carbonyl (C=O) groups is 1. The summed E-state index contributed by atoms with van der Waals surface area (Å²) in [4.78, 5) is 11.9. The van der Waals surface area contributed by atoms with Crippen molar-refractivity contribution in [3.63, 3.8) is 0 Å². The van der Waals surface area contributed by atoms with Gasteiger partial charge in [0.25, 0.3) is 0 Å². The summed E-state index contributed by atoms with van der Waals surface area (Å²) in [6, 6.07) is 5.52. The van der Waals surface area contributed by atoms with E-state index in [2.05, 4.69) is 15.9 Å². The monoisotopic (exact) mass is 284 g/mol. The highest BCUT2D eigenvalue weighted by Gasteiger charge is 2.20. The van der Waals surface area contributed by atoms with Crippen LogP contribution in [0.3, 0.4) is 0 Å². The van der Waals surface area contributed by atoms with Crippen molar-refractivity contribution in [2.45, 2.75) is 25.6 Å². The van der Waals surface area contributed by atoms with E-state index < -0.39 is 0 Å². The molecule has 0 fully saturated rings. The third-order valence-electron chi connectivity index (χ3n) is 2.52. The van der Waals surface area contributed by atoms with Crippen molar-refractivity contribution >= 4 is 21.7 Å². The Bertz CT molecular complexity index is 386. The first kappa shape index (κ1) is 13.2. The van der Waals surface area contributed by atoms with E-state index in [0.717, 1.165) is 16.9 Å². The number of ether oxygens (including phenoxy) is 1. The summed E-state index contributed by atoms with van der Waals surface area (Å²) in [5.74, 6) is 1.22. The highest BCUT2D eigenvalue weighted by molar-refractivity contribution is 9.10. The van der Waals surface area contributed by atoms with E-state index in [1.165, 1.54) is 0 Å². The predicted molar refractivity (Wildman–Crippen MR) is 69.6 cm³/mol. The van der Waals surface area contributed by atoms with Gasteiger partial charge in [0.05, 0.1) is 11.9 Å². The molecule has 16 heavy (non-hydrogen) atoms. The van der Waals surface area contributed by atoms with Gasteiger partial charge in [0, 0.05) is 5.56 Å². The highest BCUT2D eigenvalue weighted by Crippen LogP contribution is 2.23. The molecule has 1 aromatic rings. The van der Waals surface area contributed by atoms with Gasteiger partial charge in [-0.3, -0.25) is 4.79 Å². The number of hydrogen-bond acceptors (Lipinski definition) is 2. The highest BCUT2D eigenvalue weighted by atomic mass is 79.9. The predicted octanol–water partition coefficient (Wildman–Crippen LogP) is 3.61. The van der Waals surface area contributed by atoms with E-state index in [-0.39, 0.29) is 16.5 Å². The lowest BCUT2D eigenvalue weighted by molar-refractivity contribution is 0.0978. The first-order chi connectivity index (χ1) is 7.47. The number of Topliss-reactive ketones (excluding diaryl/α,β-unsaturated/α-hetero) is 1. The van der Waals surface area contributed by atoms with Gasteiger partial charge in [0.2, 0.25) is 0 Å². The topological polar surface area (TPSA) is 26.3 Å². The second-order valence-electron chi connectivity index (χ2n) is 4.19. The molecule has 0 aromatic heterocycles. The molecule has 2 nitrogen and oxygen atoms in total. The van der Waals surface area contributed by atoms with Crippen LogP contribution in [0.1, 0.15) is 29.8 Å². The van der Waals surface area contributed by atoms with Crippen molar-refractivity contribution in [2.24, 2.45) is 5.92 Å². The number of halogens is 1.